The number of nitrogens with zero attached hydrogens (tertiary/aromatic N) is 4. The number of anilines is 1. The van der Waals surface area contributed by atoms with Crippen molar-refractivity contribution in [2.75, 3.05) is 11.9 Å². The van der Waals surface area contributed by atoms with Gasteiger partial charge < -0.3 is 9.64 Å². The van der Waals surface area contributed by atoms with Crippen molar-refractivity contribution in [2.24, 2.45) is 0 Å². The molecule has 7 heteroatoms. The molecule has 1 N–H and O–H groups in total. The number of aromatic nitrogens is 4. The first-order chi connectivity index (χ1) is 12.6. The van der Waals surface area contributed by atoms with E-state index in [-0.39, 0.29) is 17.2 Å². The first-order valence-corrected chi connectivity index (χ1v) is 9.10. The summed E-state index contributed by atoms with van der Waals surface area (Å²) in [5, 5.41) is 4.84. The van der Waals surface area contributed by atoms with Crippen LogP contribution in [0.1, 0.15) is 40.2 Å². The van der Waals surface area contributed by atoms with Crippen molar-refractivity contribution in [3.05, 3.63) is 46.4 Å². The Morgan fingerprint density at radius 3 is 2.70 bits per heavy atom. The standard InChI is InChI=1S/C20H27N5O2/c1-13(2)27-15-9-7-8-14(10-15)12-24(6)19-22-17-16(18(26)23-19)11-21-25(17)20(3,4)5/h7-11,13H,12H2,1-6H3,(H,22,23,26). The molecule has 0 aliphatic carbocycles. The normalized spacial score (nSPS) is 12.0. The summed E-state index contributed by atoms with van der Waals surface area (Å²) in [7, 11) is 1.90. The summed E-state index contributed by atoms with van der Waals surface area (Å²) in [4.78, 5) is 21.9. The Kier molecular flexibility index (Phi) is 4.95. The van der Waals surface area contributed by atoms with Gasteiger partial charge in [-0.3, -0.25) is 9.78 Å². The predicted octanol–water partition coefficient (Wildman–Crippen LogP) is 3.30. The second kappa shape index (κ2) is 7.06. The third-order valence-corrected chi connectivity index (χ3v) is 4.11. The maximum atomic E-state index is 12.5. The Bertz CT molecular complexity index is 998. The lowest BCUT2D eigenvalue weighted by molar-refractivity contribution is 0.242. The van der Waals surface area contributed by atoms with Crippen molar-refractivity contribution in [3.8, 4) is 5.75 Å². The lowest BCUT2D eigenvalue weighted by Gasteiger charge is -2.21. The Balaban J connectivity index is 1.92. The molecule has 0 fully saturated rings. The molecule has 0 atom stereocenters. The summed E-state index contributed by atoms with van der Waals surface area (Å²) in [6.07, 6.45) is 1.69. The van der Waals surface area contributed by atoms with Crippen LogP contribution < -0.4 is 15.2 Å². The number of nitrogens with one attached hydrogen (secondary N) is 1. The van der Waals surface area contributed by atoms with Crippen LogP contribution in [0.3, 0.4) is 0 Å². The third-order valence-electron chi connectivity index (χ3n) is 4.11. The van der Waals surface area contributed by atoms with Crippen molar-refractivity contribution < 1.29 is 4.74 Å². The largest absolute Gasteiger partial charge is 0.491 e. The number of rotatable bonds is 5. The zero-order valence-electron chi connectivity index (χ0n) is 16.8. The van der Waals surface area contributed by atoms with E-state index in [1.54, 1.807) is 10.9 Å². The summed E-state index contributed by atoms with van der Waals surface area (Å²) in [5.74, 6) is 1.34. The molecule has 3 aromatic rings. The quantitative estimate of drug-likeness (QED) is 0.747. The van der Waals surface area contributed by atoms with Gasteiger partial charge in [0.25, 0.3) is 5.56 Å². The van der Waals surface area contributed by atoms with Crippen LogP contribution in [-0.2, 0) is 12.1 Å². The van der Waals surface area contributed by atoms with Crippen LogP contribution in [0.2, 0.25) is 0 Å². The Morgan fingerprint density at radius 2 is 2.04 bits per heavy atom. The summed E-state index contributed by atoms with van der Waals surface area (Å²) < 4.78 is 7.54. The van der Waals surface area contributed by atoms with E-state index in [4.69, 9.17) is 4.74 Å². The number of fused-ring (bicyclic) bond motifs is 1. The van der Waals surface area contributed by atoms with Crippen LogP contribution in [0.4, 0.5) is 5.95 Å². The van der Waals surface area contributed by atoms with Crippen LogP contribution in [0, 0.1) is 0 Å². The minimum Gasteiger partial charge on any atom is -0.491 e. The molecule has 2 heterocycles. The van der Waals surface area contributed by atoms with E-state index in [1.165, 1.54) is 0 Å². The van der Waals surface area contributed by atoms with E-state index in [0.29, 0.717) is 23.5 Å². The summed E-state index contributed by atoms with van der Waals surface area (Å²) in [5.41, 5.74) is 1.21. The molecule has 3 rings (SSSR count). The molecule has 0 unspecified atom stereocenters. The van der Waals surface area contributed by atoms with Gasteiger partial charge in [0.05, 0.1) is 17.8 Å². The lowest BCUT2D eigenvalue weighted by atomic mass is 10.1. The van der Waals surface area contributed by atoms with E-state index in [1.807, 2.05) is 70.8 Å². The van der Waals surface area contributed by atoms with Crippen LogP contribution in [0.25, 0.3) is 11.0 Å². The number of benzene rings is 1. The molecular formula is C20H27N5O2. The van der Waals surface area contributed by atoms with Gasteiger partial charge in [-0.2, -0.15) is 10.1 Å². The van der Waals surface area contributed by atoms with Gasteiger partial charge in [-0.05, 0) is 52.3 Å². The zero-order chi connectivity index (χ0) is 19.8. The molecule has 0 saturated heterocycles. The molecule has 0 aliphatic heterocycles. The van der Waals surface area contributed by atoms with Gasteiger partial charge in [0.1, 0.15) is 11.1 Å². The van der Waals surface area contributed by atoms with E-state index in [9.17, 15) is 4.79 Å². The molecule has 2 aromatic heterocycles. The highest BCUT2D eigenvalue weighted by Crippen LogP contribution is 2.21. The van der Waals surface area contributed by atoms with Crippen molar-refractivity contribution in [3.63, 3.8) is 0 Å². The van der Waals surface area contributed by atoms with Crippen molar-refractivity contribution >= 4 is 17.0 Å². The van der Waals surface area contributed by atoms with Crippen LogP contribution >= 0.6 is 0 Å². The average Bonchev–Trinajstić information content (AvgIpc) is 2.99. The van der Waals surface area contributed by atoms with E-state index >= 15 is 0 Å². The summed E-state index contributed by atoms with van der Waals surface area (Å²) in [6, 6.07) is 7.94. The number of hydrogen-bond donors (Lipinski definition) is 1. The second-order valence-corrected chi connectivity index (χ2v) is 8.02. The summed E-state index contributed by atoms with van der Waals surface area (Å²) >= 11 is 0. The molecule has 0 saturated carbocycles. The Hall–Kier alpha value is -2.83. The van der Waals surface area contributed by atoms with E-state index < -0.39 is 0 Å². The van der Waals surface area contributed by atoms with Crippen LogP contribution in [0.15, 0.2) is 35.3 Å². The van der Waals surface area contributed by atoms with Crippen molar-refractivity contribution in [2.45, 2.75) is 52.8 Å². The average molecular weight is 369 g/mol. The molecule has 144 valence electrons. The predicted molar refractivity (Wildman–Crippen MR) is 107 cm³/mol. The highest BCUT2D eigenvalue weighted by Gasteiger charge is 2.20. The molecule has 0 aliphatic rings. The molecule has 1 aromatic carbocycles. The minimum absolute atomic E-state index is 0.121. The monoisotopic (exact) mass is 369 g/mol. The number of H-pyrrole nitrogens is 1. The van der Waals surface area contributed by atoms with Gasteiger partial charge in [0, 0.05) is 13.6 Å². The lowest BCUT2D eigenvalue weighted by Crippen LogP contribution is -2.26. The van der Waals surface area contributed by atoms with Crippen LogP contribution in [0.5, 0.6) is 5.75 Å². The molecule has 27 heavy (non-hydrogen) atoms. The van der Waals surface area contributed by atoms with E-state index in [0.717, 1.165) is 11.3 Å². The first-order valence-electron chi connectivity index (χ1n) is 9.10. The van der Waals surface area contributed by atoms with Crippen molar-refractivity contribution in [1.82, 2.24) is 19.7 Å². The highest BCUT2D eigenvalue weighted by atomic mass is 16.5. The van der Waals surface area contributed by atoms with Gasteiger partial charge in [-0.15, -0.1) is 0 Å². The fourth-order valence-electron chi connectivity index (χ4n) is 2.92. The first kappa shape index (κ1) is 18.9. The third kappa shape index (κ3) is 4.13. The fourth-order valence-corrected chi connectivity index (χ4v) is 2.92. The molecule has 0 amide bonds. The van der Waals surface area contributed by atoms with E-state index in [2.05, 4.69) is 15.1 Å². The topological polar surface area (TPSA) is 76.0 Å². The number of aromatic amines is 1. The van der Waals surface area contributed by atoms with Gasteiger partial charge in [-0.25, -0.2) is 4.68 Å². The minimum atomic E-state index is -0.263. The van der Waals surface area contributed by atoms with Crippen LogP contribution in [-0.4, -0.2) is 32.9 Å². The molecule has 0 radical (unpaired) electrons. The van der Waals surface area contributed by atoms with Gasteiger partial charge in [-0.1, -0.05) is 12.1 Å². The maximum absolute atomic E-state index is 12.5. The number of hydrogen-bond acceptors (Lipinski definition) is 5. The zero-order valence-corrected chi connectivity index (χ0v) is 16.8. The van der Waals surface area contributed by atoms with Crippen molar-refractivity contribution in [1.29, 1.82) is 0 Å². The summed E-state index contributed by atoms with van der Waals surface area (Å²) in [6.45, 7) is 10.7. The molecule has 0 spiro atoms. The smallest absolute Gasteiger partial charge is 0.263 e. The molecular weight excluding hydrogens is 342 g/mol. The Labute approximate surface area is 159 Å². The second-order valence-electron chi connectivity index (χ2n) is 8.02. The van der Waals surface area contributed by atoms with Gasteiger partial charge in [0.15, 0.2) is 5.65 Å². The molecule has 0 bridgehead atoms. The van der Waals surface area contributed by atoms with Gasteiger partial charge >= 0.3 is 0 Å². The Morgan fingerprint density at radius 1 is 1.30 bits per heavy atom. The maximum Gasteiger partial charge on any atom is 0.263 e. The molecule has 7 nitrogen and oxygen atoms in total. The number of ether oxygens (including phenoxy) is 1. The van der Waals surface area contributed by atoms with Gasteiger partial charge in [0.2, 0.25) is 5.95 Å². The SMILES string of the molecule is CC(C)Oc1cccc(CN(C)c2nc3c(cnn3C(C)(C)C)c(=O)[nH]2)c1. The fraction of sp³-hybridized carbons (Fsp3) is 0.450. The highest BCUT2D eigenvalue weighted by molar-refractivity contribution is 5.74.